The van der Waals surface area contributed by atoms with Crippen molar-refractivity contribution in [1.29, 1.82) is 0 Å². The van der Waals surface area contributed by atoms with E-state index in [-0.39, 0.29) is 10.8 Å². The molecule has 1 aliphatic rings. The first-order valence-corrected chi connectivity index (χ1v) is 12.4. The number of aromatic nitrogens is 1. The van der Waals surface area contributed by atoms with Crippen LogP contribution in [0.1, 0.15) is 15.2 Å². The van der Waals surface area contributed by atoms with Crippen LogP contribution in [0.3, 0.4) is 0 Å². The summed E-state index contributed by atoms with van der Waals surface area (Å²) in [7, 11) is -3.33. The summed E-state index contributed by atoms with van der Waals surface area (Å²) in [6, 6.07) is 16.4. The van der Waals surface area contributed by atoms with Gasteiger partial charge in [0.2, 0.25) is 0 Å². The first-order chi connectivity index (χ1) is 14.4. The number of nitrogens with zero attached hydrogens (tertiary/aromatic N) is 3. The third kappa shape index (κ3) is 4.77. The quantitative estimate of drug-likeness (QED) is 0.608. The van der Waals surface area contributed by atoms with E-state index in [4.69, 9.17) is 0 Å². The van der Waals surface area contributed by atoms with Gasteiger partial charge in [0, 0.05) is 61.2 Å². The van der Waals surface area contributed by atoms with Gasteiger partial charge in [-0.2, -0.15) is 0 Å². The maximum atomic E-state index is 12.8. The Bertz CT molecular complexity index is 1140. The summed E-state index contributed by atoms with van der Waals surface area (Å²) in [5.74, 6) is -0.121. The predicted octanol–water partition coefficient (Wildman–Crippen LogP) is 3.17. The van der Waals surface area contributed by atoms with Gasteiger partial charge in [0.25, 0.3) is 5.91 Å². The summed E-state index contributed by atoms with van der Waals surface area (Å²) in [5.41, 5.74) is 1.54. The van der Waals surface area contributed by atoms with Crippen molar-refractivity contribution in [1.82, 2.24) is 14.8 Å². The van der Waals surface area contributed by atoms with Gasteiger partial charge in [0.1, 0.15) is 5.01 Å². The Labute approximate surface area is 180 Å². The third-order valence-electron chi connectivity index (χ3n) is 5.12. The topological polar surface area (TPSA) is 70.6 Å². The molecule has 0 unspecified atom stereocenters. The molecular formula is C22H23N3O3S2. The summed E-state index contributed by atoms with van der Waals surface area (Å²) in [4.78, 5) is 22.8. The van der Waals surface area contributed by atoms with E-state index in [0.717, 1.165) is 36.5 Å². The summed E-state index contributed by atoms with van der Waals surface area (Å²) in [6.07, 6.45) is 3.08. The highest BCUT2D eigenvalue weighted by Crippen LogP contribution is 2.26. The first-order valence-electron chi connectivity index (χ1n) is 9.72. The molecule has 0 bridgehead atoms. The molecule has 2 aromatic carbocycles. The molecule has 0 radical (unpaired) electrons. The van der Waals surface area contributed by atoms with Crippen LogP contribution in [0.15, 0.2) is 65.7 Å². The number of piperazine rings is 1. The number of sulfone groups is 1. The molecule has 0 saturated carbocycles. The molecule has 0 aliphatic carbocycles. The Balaban J connectivity index is 1.35. The first kappa shape index (κ1) is 20.7. The highest BCUT2D eigenvalue weighted by atomic mass is 32.2. The van der Waals surface area contributed by atoms with Gasteiger partial charge in [-0.25, -0.2) is 13.4 Å². The van der Waals surface area contributed by atoms with Crippen LogP contribution in [0.4, 0.5) is 0 Å². The van der Waals surface area contributed by atoms with Gasteiger partial charge in [-0.1, -0.05) is 36.4 Å². The Hall–Kier alpha value is -2.55. The molecule has 0 atom stereocenters. The van der Waals surface area contributed by atoms with Crippen molar-refractivity contribution in [2.45, 2.75) is 11.4 Å². The van der Waals surface area contributed by atoms with E-state index in [0.29, 0.717) is 18.7 Å². The molecular weight excluding hydrogens is 418 g/mol. The number of carbonyl (C=O) groups is 1. The van der Waals surface area contributed by atoms with E-state index in [1.165, 1.54) is 17.0 Å². The predicted molar refractivity (Wildman–Crippen MR) is 118 cm³/mol. The SMILES string of the molecule is CS(=O)(=O)c1cccc(C(=O)N2CCN(Cc3cnc(-c4ccccc4)s3)CC2)c1. The third-order valence-corrected chi connectivity index (χ3v) is 7.26. The van der Waals surface area contributed by atoms with Crippen LogP contribution in [0, 0.1) is 0 Å². The second kappa shape index (κ2) is 8.67. The van der Waals surface area contributed by atoms with Crippen LogP contribution >= 0.6 is 11.3 Å². The number of rotatable bonds is 5. The smallest absolute Gasteiger partial charge is 0.253 e. The van der Waals surface area contributed by atoms with Crippen molar-refractivity contribution in [3.8, 4) is 10.6 Å². The van der Waals surface area contributed by atoms with E-state index >= 15 is 0 Å². The van der Waals surface area contributed by atoms with Crippen molar-refractivity contribution in [2.75, 3.05) is 32.4 Å². The molecule has 1 aromatic heterocycles. The van der Waals surface area contributed by atoms with Crippen molar-refractivity contribution in [2.24, 2.45) is 0 Å². The van der Waals surface area contributed by atoms with Crippen LogP contribution in [-0.4, -0.2) is 61.5 Å². The minimum Gasteiger partial charge on any atom is -0.336 e. The van der Waals surface area contributed by atoms with E-state index in [9.17, 15) is 13.2 Å². The van der Waals surface area contributed by atoms with Crippen molar-refractivity contribution in [3.63, 3.8) is 0 Å². The van der Waals surface area contributed by atoms with E-state index in [1.54, 1.807) is 28.4 Å². The van der Waals surface area contributed by atoms with E-state index < -0.39 is 9.84 Å². The molecule has 1 aliphatic heterocycles. The number of hydrogen-bond acceptors (Lipinski definition) is 6. The lowest BCUT2D eigenvalue weighted by molar-refractivity contribution is 0.0629. The van der Waals surface area contributed by atoms with Gasteiger partial charge >= 0.3 is 0 Å². The highest BCUT2D eigenvalue weighted by molar-refractivity contribution is 7.90. The molecule has 2 heterocycles. The lowest BCUT2D eigenvalue weighted by Crippen LogP contribution is -2.48. The molecule has 0 N–H and O–H groups in total. The lowest BCUT2D eigenvalue weighted by Gasteiger charge is -2.34. The van der Waals surface area contributed by atoms with Crippen LogP contribution in [0.25, 0.3) is 10.6 Å². The zero-order chi connectivity index (χ0) is 21.1. The normalized spacial score (nSPS) is 15.3. The van der Waals surface area contributed by atoms with Crippen LogP contribution in [0.5, 0.6) is 0 Å². The fraction of sp³-hybridized carbons (Fsp3) is 0.273. The summed E-state index contributed by atoms with van der Waals surface area (Å²) >= 11 is 1.70. The number of hydrogen-bond donors (Lipinski definition) is 0. The van der Waals surface area contributed by atoms with Gasteiger partial charge in [-0.05, 0) is 18.2 Å². The molecule has 8 heteroatoms. The van der Waals surface area contributed by atoms with Crippen LogP contribution < -0.4 is 0 Å². The van der Waals surface area contributed by atoms with Gasteiger partial charge in [0.05, 0.1) is 4.90 Å². The number of thiazole rings is 1. The number of benzene rings is 2. The minimum atomic E-state index is -3.33. The van der Waals surface area contributed by atoms with Crippen LogP contribution in [-0.2, 0) is 16.4 Å². The van der Waals surface area contributed by atoms with Gasteiger partial charge in [-0.3, -0.25) is 9.69 Å². The second-order valence-corrected chi connectivity index (χ2v) is 10.5. The molecule has 3 aromatic rings. The summed E-state index contributed by atoms with van der Waals surface area (Å²) < 4.78 is 23.5. The minimum absolute atomic E-state index is 0.121. The highest BCUT2D eigenvalue weighted by Gasteiger charge is 2.23. The van der Waals surface area contributed by atoms with Gasteiger partial charge in [-0.15, -0.1) is 11.3 Å². The summed E-state index contributed by atoms with van der Waals surface area (Å²) in [5, 5.41) is 1.02. The average molecular weight is 442 g/mol. The second-order valence-electron chi connectivity index (χ2n) is 7.37. The van der Waals surface area contributed by atoms with E-state index in [2.05, 4.69) is 22.0 Å². The Morgan fingerprint density at radius 1 is 1.03 bits per heavy atom. The largest absolute Gasteiger partial charge is 0.336 e. The maximum absolute atomic E-state index is 12.8. The molecule has 0 spiro atoms. The van der Waals surface area contributed by atoms with E-state index in [1.807, 2.05) is 24.4 Å². The van der Waals surface area contributed by atoms with Crippen molar-refractivity contribution >= 4 is 27.1 Å². The maximum Gasteiger partial charge on any atom is 0.253 e. The Morgan fingerprint density at radius 3 is 2.47 bits per heavy atom. The fourth-order valence-corrected chi connectivity index (χ4v) is 5.09. The van der Waals surface area contributed by atoms with Gasteiger partial charge < -0.3 is 4.90 Å². The lowest BCUT2D eigenvalue weighted by atomic mass is 10.2. The molecule has 1 amide bonds. The molecule has 1 fully saturated rings. The number of amides is 1. The summed E-state index contributed by atoms with van der Waals surface area (Å²) in [6.45, 7) is 3.60. The van der Waals surface area contributed by atoms with Gasteiger partial charge in [0.15, 0.2) is 9.84 Å². The zero-order valence-corrected chi connectivity index (χ0v) is 18.3. The molecule has 156 valence electrons. The number of carbonyl (C=O) groups excluding carboxylic acids is 1. The monoisotopic (exact) mass is 441 g/mol. The van der Waals surface area contributed by atoms with Crippen LogP contribution in [0.2, 0.25) is 0 Å². The molecule has 6 nitrogen and oxygen atoms in total. The average Bonchev–Trinajstić information content (AvgIpc) is 3.22. The Morgan fingerprint density at radius 2 is 1.77 bits per heavy atom. The van der Waals surface area contributed by atoms with Crippen molar-refractivity contribution < 1.29 is 13.2 Å². The Kier molecular flexibility index (Phi) is 5.99. The van der Waals surface area contributed by atoms with Crippen molar-refractivity contribution in [3.05, 3.63) is 71.2 Å². The standard InChI is InChI=1S/C22H23N3O3S2/c1-30(27,28)20-9-5-8-18(14-20)22(26)25-12-10-24(11-13-25)16-19-15-23-21(29-19)17-6-3-2-4-7-17/h2-9,14-15H,10-13,16H2,1H3. The molecule has 4 rings (SSSR count). The molecule has 1 saturated heterocycles. The fourth-order valence-electron chi connectivity index (χ4n) is 3.47. The molecule has 30 heavy (non-hydrogen) atoms. The zero-order valence-electron chi connectivity index (χ0n) is 16.7.